The van der Waals surface area contributed by atoms with E-state index in [2.05, 4.69) is 38.8 Å². The number of anilines is 1. The highest BCUT2D eigenvalue weighted by atomic mass is 35.5. The number of benzene rings is 2. The summed E-state index contributed by atoms with van der Waals surface area (Å²) in [6.45, 7) is 10.5. The van der Waals surface area contributed by atoms with Crippen molar-refractivity contribution in [3.05, 3.63) is 70.3 Å². The number of halogens is 1. The number of carbonyl (C=O) groups is 2. The first-order valence-corrected chi connectivity index (χ1v) is 22.0. The number of methoxy groups -OCH3 is 1. The van der Waals surface area contributed by atoms with Crippen LogP contribution in [0.1, 0.15) is 74.4 Å². The lowest BCUT2D eigenvalue weighted by molar-refractivity contribution is -0.164. The molecule has 8 rings (SSSR count). The highest BCUT2D eigenvalue weighted by Gasteiger charge is 2.51. The zero-order valence-corrected chi connectivity index (χ0v) is 34.0. The SMILES string of the molecule is CO[C@]1(CN2CCN3C(=O)[C@@H](C)OC[C@@H]3C2)/C=C/C[C@H](C)[C@@H](C)S(=O)(=O)NC(=O)c2ccc3c(c2)N(C[C@@H]2CC[C@H]21)C[C@@]1(CCCc2cc(Cl)ccc21)CO3. The Morgan fingerprint density at radius 2 is 1.89 bits per heavy atom. The Balaban J connectivity index is 1.18. The second-order valence-electron chi connectivity index (χ2n) is 17.1. The van der Waals surface area contributed by atoms with Gasteiger partial charge in [0.1, 0.15) is 17.5 Å². The van der Waals surface area contributed by atoms with E-state index in [1.54, 1.807) is 20.1 Å². The Morgan fingerprint density at radius 3 is 2.67 bits per heavy atom. The molecule has 2 aliphatic carbocycles. The molecule has 0 radical (unpaired) electrons. The van der Waals surface area contributed by atoms with Crippen LogP contribution in [0.3, 0.4) is 0 Å². The molecule has 0 aromatic heterocycles. The maximum atomic E-state index is 13.7. The molecule has 3 fully saturated rings. The van der Waals surface area contributed by atoms with Crippen LogP contribution in [-0.4, -0.2) is 113 Å². The maximum Gasteiger partial charge on any atom is 0.264 e. The number of amides is 2. The molecule has 55 heavy (non-hydrogen) atoms. The number of fused-ring (bicyclic) bond motifs is 5. The number of rotatable bonds is 3. The minimum Gasteiger partial charge on any atom is -0.490 e. The number of morpholine rings is 1. The summed E-state index contributed by atoms with van der Waals surface area (Å²) in [4.78, 5) is 33.4. The third kappa shape index (κ3) is 7.19. The van der Waals surface area contributed by atoms with Crippen LogP contribution >= 0.6 is 11.6 Å². The second kappa shape index (κ2) is 15.0. The maximum absolute atomic E-state index is 13.7. The molecule has 2 aromatic carbocycles. The predicted octanol–water partition coefficient (Wildman–Crippen LogP) is 5.20. The van der Waals surface area contributed by atoms with Gasteiger partial charge in [-0.1, -0.05) is 36.7 Å². The molecule has 1 saturated carbocycles. The van der Waals surface area contributed by atoms with E-state index in [1.807, 2.05) is 36.9 Å². The molecule has 2 saturated heterocycles. The van der Waals surface area contributed by atoms with Crippen molar-refractivity contribution in [3.63, 3.8) is 0 Å². The van der Waals surface area contributed by atoms with Gasteiger partial charge in [0.15, 0.2) is 0 Å². The molecule has 1 N–H and O–H groups in total. The van der Waals surface area contributed by atoms with Crippen LogP contribution in [0, 0.1) is 17.8 Å². The van der Waals surface area contributed by atoms with Crippen molar-refractivity contribution in [2.45, 2.75) is 87.7 Å². The van der Waals surface area contributed by atoms with Gasteiger partial charge in [0, 0.05) is 62.4 Å². The summed E-state index contributed by atoms with van der Waals surface area (Å²) in [6, 6.07) is 11.5. The van der Waals surface area contributed by atoms with Crippen LogP contribution in [-0.2, 0) is 36.1 Å². The molecule has 0 unspecified atom stereocenters. The predicted molar refractivity (Wildman–Crippen MR) is 212 cm³/mol. The lowest BCUT2D eigenvalue weighted by Crippen LogP contribution is -2.65. The minimum atomic E-state index is -3.99. The van der Waals surface area contributed by atoms with E-state index in [9.17, 15) is 18.0 Å². The van der Waals surface area contributed by atoms with Gasteiger partial charge < -0.3 is 24.0 Å². The second-order valence-corrected chi connectivity index (χ2v) is 19.6. The number of allylic oxidation sites excluding steroid dienone is 1. The quantitative estimate of drug-likeness (QED) is 0.419. The van der Waals surface area contributed by atoms with Crippen molar-refractivity contribution in [1.82, 2.24) is 14.5 Å². The Hall–Kier alpha value is -3.16. The van der Waals surface area contributed by atoms with Crippen molar-refractivity contribution >= 4 is 39.1 Å². The first kappa shape index (κ1) is 38.7. The molecule has 298 valence electrons. The van der Waals surface area contributed by atoms with Crippen LogP contribution in [0.5, 0.6) is 5.75 Å². The fourth-order valence-corrected chi connectivity index (χ4v) is 11.7. The first-order chi connectivity index (χ1) is 26.3. The molecule has 2 aromatic rings. The van der Waals surface area contributed by atoms with Gasteiger partial charge in [0.2, 0.25) is 10.0 Å². The van der Waals surface area contributed by atoms with Crippen molar-refractivity contribution in [3.8, 4) is 5.75 Å². The summed E-state index contributed by atoms with van der Waals surface area (Å²) in [5.74, 6) is 0.281. The normalized spacial score (nSPS) is 35.7. The van der Waals surface area contributed by atoms with E-state index in [-0.39, 0.29) is 40.7 Å². The van der Waals surface area contributed by atoms with Crippen LogP contribution in [0.2, 0.25) is 5.02 Å². The van der Waals surface area contributed by atoms with Gasteiger partial charge in [-0.25, -0.2) is 13.1 Å². The molecule has 4 aliphatic heterocycles. The number of piperazine rings is 1. The Morgan fingerprint density at radius 1 is 1.05 bits per heavy atom. The molecule has 6 aliphatic rings. The van der Waals surface area contributed by atoms with Gasteiger partial charge in [-0.05, 0) is 112 Å². The summed E-state index contributed by atoms with van der Waals surface area (Å²) in [6.07, 6.45) is 9.31. The lowest BCUT2D eigenvalue weighted by Gasteiger charge is -2.53. The summed E-state index contributed by atoms with van der Waals surface area (Å²) in [7, 11) is -2.19. The summed E-state index contributed by atoms with van der Waals surface area (Å²) >= 11 is 6.50. The van der Waals surface area contributed by atoms with Crippen molar-refractivity contribution in [1.29, 1.82) is 0 Å². The molecule has 2 amide bonds. The van der Waals surface area contributed by atoms with E-state index in [1.165, 1.54) is 11.1 Å². The molecule has 1 spiro atoms. The van der Waals surface area contributed by atoms with Gasteiger partial charge in [-0.15, -0.1) is 0 Å². The fraction of sp³-hybridized carbons (Fsp3) is 0.619. The van der Waals surface area contributed by atoms with Crippen LogP contribution in [0.15, 0.2) is 48.6 Å². The highest BCUT2D eigenvalue weighted by molar-refractivity contribution is 7.90. The number of hydrogen-bond donors (Lipinski definition) is 1. The zero-order valence-electron chi connectivity index (χ0n) is 32.5. The Kier molecular flexibility index (Phi) is 10.5. The van der Waals surface area contributed by atoms with Gasteiger partial charge in [-0.3, -0.25) is 14.5 Å². The van der Waals surface area contributed by atoms with Crippen LogP contribution in [0.25, 0.3) is 0 Å². The Bertz CT molecular complexity index is 1960. The van der Waals surface area contributed by atoms with E-state index in [4.69, 9.17) is 25.8 Å². The Labute approximate surface area is 330 Å². The van der Waals surface area contributed by atoms with Crippen molar-refractivity contribution in [2.75, 3.05) is 64.5 Å². The lowest BCUT2D eigenvalue weighted by atomic mass is 9.63. The minimum absolute atomic E-state index is 0.00718. The largest absolute Gasteiger partial charge is 0.490 e. The third-order valence-electron chi connectivity index (χ3n) is 13.8. The molecule has 8 atom stereocenters. The third-order valence-corrected chi connectivity index (χ3v) is 16.0. The molecular weight excluding hydrogens is 740 g/mol. The number of nitrogens with one attached hydrogen (secondary N) is 1. The topological polar surface area (TPSA) is 118 Å². The number of hydrogen-bond acceptors (Lipinski definition) is 9. The molecule has 13 heteroatoms. The van der Waals surface area contributed by atoms with E-state index >= 15 is 0 Å². The molecule has 2 bridgehead atoms. The summed E-state index contributed by atoms with van der Waals surface area (Å²) in [5.41, 5.74) is 2.64. The number of ether oxygens (including phenoxy) is 3. The van der Waals surface area contributed by atoms with Crippen molar-refractivity contribution in [2.24, 2.45) is 17.8 Å². The number of sulfonamides is 1. The number of nitrogens with zero attached hydrogens (tertiary/aromatic N) is 3. The monoisotopic (exact) mass is 794 g/mol. The van der Waals surface area contributed by atoms with Gasteiger partial charge in [0.25, 0.3) is 11.8 Å². The van der Waals surface area contributed by atoms with Crippen LogP contribution in [0.4, 0.5) is 5.69 Å². The average Bonchev–Trinajstić information content (AvgIpc) is 3.30. The first-order valence-electron chi connectivity index (χ1n) is 20.1. The van der Waals surface area contributed by atoms with Gasteiger partial charge >= 0.3 is 0 Å². The smallest absolute Gasteiger partial charge is 0.264 e. The molecule has 11 nitrogen and oxygen atoms in total. The van der Waals surface area contributed by atoms with Gasteiger partial charge in [0.05, 0.1) is 30.2 Å². The van der Waals surface area contributed by atoms with Gasteiger partial charge in [-0.2, -0.15) is 0 Å². The zero-order chi connectivity index (χ0) is 38.7. The van der Waals surface area contributed by atoms with E-state index in [0.29, 0.717) is 51.6 Å². The molecule has 4 heterocycles. The number of aryl methyl sites for hydroxylation is 1. The van der Waals surface area contributed by atoms with E-state index < -0.39 is 32.9 Å². The number of carbonyl (C=O) groups excluding carboxylic acids is 2. The average molecular weight is 795 g/mol. The highest BCUT2D eigenvalue weighted by Crippen LogP contribution is 2.49. The summed E-state index contributed by atoms with van der Waals surface area (Å²) in [5, 5.41) is -0.0880. The fourth-order valence-electron chi connectivity index (χ4n) is 10.2. The van der Waals surface area contributed by atoms with E-state index in [0.717, 1.165) is 55.9 Å². The van der Waals surface area contributed by atoms with Crippen LogP contribution < -0.4 is 14.4 Å². The van der Waals surface area contributed by atoms with Crippen molar-refractivity contribution < 1.29 is 32.2 Å². The molecular formula is C42H55ClN4O7S. The summed E-state index contributed by atoms with van der Waals surface area (Å²) < 4.78 is 48.9. The standard InChI is InChI=1S/C42H55ClN4O7S/c1-27-7-5-16-42(52-4,25-45-17-18-47-34(22-45)23-53-28(2)40(47)49)36-12-9-32(36)21-46-24-41(15-6-8-30-19-33(43)11-13-35(30)41)26-54-38-14-10-31(20-37(38)46)39(48)44-55(50,51)29(27)3/h5,10-11,13-14,16,19-20,27-29,32,34,36H,6-9,12,15,17-18,21-26H2,1-4H3,(H,44,48)/b16-5+/t27-,28+,29+,32-,34-,36+,41-,42-/m0/s1.